The van der Waals surface area contributed by atoms with Crippen LogP contribution < -0.4 is 0 Å². The van der Waals surface area contributed by atoms with Crippen LogP contribution in [-0.2, 0) is 6.42 Å². The topological polar surface area (TPSA) is 54.7 Å². The maximum Gasteiger partial charge on any atom is 0.144 e. The molecule has 0 amide bonds. The number of hydrogen-bond acceptors (Lipinski definition) is 3. The molecule has 2 aromatic heterocycles. The lowest BCUT2D eigenvalue weighted by atomic mass is 10.1. The van der Waals surface area contributed by atoms with Crippen molar-refractivity contribution in [2.75, 3.05) is 0 Å². The van der Waals surface area contributed by atoms with E-state index >= 15 is 0 Å². The third-order valence-electron chi connectivity index (χ3n) is 5.40. The van der Waals surface area contributed by atoms with Crippen LogP contribution in [0.3, 0.4) is 0 Å². The van der Waals surface area contributed by atoms with Gasteiger partial charge in [0, 0.05) is 27.1 Å². The van der Waals surface area contributed by atoms with Crippen molar-refractivity contribution in [3.8, 4) is 11.1 Å². The minimum atomic E-state index is 1.10. The minimum Gasteiger partial charge on any atom is -0.355 e. The monoisotopic (exact) mass is 403 g/mol. The molecule has 0 aliphatic heterocycles. The summed E-state index contributed by atoms with van der Waals surface area (Å²) in [5.41, 5.74) is 8.18. The molecule has 0 saturated heterocycles. The highest BCUT2D eigenvalue weighted by molar-refractivity contribution is 6.06. The van der Waals surface area contributed by atoms with Crippen LogP contribution in [0.5, 0.6) is 0 Å². The highest BCUT2D eigenvalue weighted by atomic mass is 16.5. The van der Waals surface area contributed by atoms with E-state index in [2.05, 4.69) is 117 Å². The number of aromatic nitrogens is 3. The van der Waals surface area contributed by atoms with Gasteiger partial charge < -0.3 is 9.51 Å². The Labute approximate surface area is 180 Å². The first-order valence-electron chi connectivity index (χ1n) is 10.2. The van der Waals surface area contributed by atoms with Gasteiger partial charge in [-0.05, 0) is 40.8 Å². The fourth-order valence-corrected chi connectivity index (χ4v) is 4.01. The van der Waals surface area contributed by atoms with Crippen molar-refractivity contribution in [1.82, 2.24) is 15.4 Å². The van der Waals surface area contributed by atoms with Crippen LogP contribution in [0.2, 0.25) is 0 Å². The molecule has 4 aromatic carbocycles. The van der Waals surface area contributed by atoms with Crippen molar-refractivity contribution in [3.63, 3.8) is 0 Å². The summed E-state index contributed by atoms with van der Waals surface area (Å²) in [5, 5.41) is 9.01. The number of hydrogen-bond donors (Lipinski definition) is 1. The van der Waals surface area contributed by atoms with Gasteiger partial charge in [-0.25, -0.2) is 0 Å². The molecular formula is C27H21N3O. The van der Waals surface area contributed by atoms with Crippen LogP contribution in [0.25, 0.3) is 32.9 Å². The Kier molecular flexibility index (Phi) is 5.27. The molecule has 0 bridgehead atoms. The van der Waals surface area contributed by atoms with Gasteiger partial charge in [0.1, 0.15) is 6.26 Å². The number of benzene rings is 4. The van der Waals surface area contributed by atoms with Gasteiger partial charge in [0.05, 0.1) is 6.20 Å². The fraction of sp³-hybridized carbons (Fsp3) is 0.0370. The van der Waals surface area contributed by atoms with E-state index in [4.69, 9.17) is 0 Å². The highest BCUT2D eigenvalue weighted by Crippen LogP contribution is 2.35. The fourth-order valence-electron chi connectivity index (χ4n) is 4.01. The highest BCUT2D eigenvalue weighted by Gasteiger charge is 2.15. The van der Waals surface area contributed by atoms with Crippen LogP contribution in [-0.4, -0.2) is 15.4 Å². The molecule has 6 aromatic rings. The van der Waals surface area contributed by atoms with Crippen molar-refractivity contribution >= 4 is 21.8 Å². The summed E-state index contributed by atoms with van der Waals surface area (Å²) in [6, 6.07) is 34.1. The number of H-pyrrole nitrogens is 1. The molecule has 0 atom stereocenters. The normalized spacial score (nSPS) is 11.1. The second kappa shape index (κ2) is 8.67. The second-order valence-corrected chi connectivity index (χ2v) is 7.29. The molecule has 1 N–H and O–H groups in total. The molecule has 150 valence electrons. The lowest BCUT2D eigenvalue weighted by molar-refractivity contribution is 0.393. The Morgan fingerprint density at radius 2 is 1.13 bits per heavy atom. The first kappa shape index (κ1) is 18.8. The largest absolute Gasteiger partial charge is 0.355 e. The van der Waals surface area contributed by atoms with Crippen LogP contribution in [0, 0.1) is 0 Å². The molecule has 31 heavy (non-hydrogen) atoms. The molecule has 0 saturated carbocycles. The molecule has 0 fully saturated rings. The van der Waals surface area contributed by atoms with E-state index in [1.165, 1.54) is 56.5 Å². The minimum absolute atomic E-state index is 1.10. The molecular weight excluding hydrogens is 382 g/mol. The average molecular weight is 403 g/mol. The molecule has 1 aliphatic rings. The lowest BCUT2D eigenvalue weighted by Gasteiger charge is -1.98. The van der Waals surface area contributed by atoms with E-state index in [0.29, 0.717) is 0 Å². The van der Waals surface area contributed by atoms with Crippen LogP contribution in [0.15, 0.2) is 114 Å². The summed E-state index contributed by atoms with van der Waals surface area (Å²) in [7, 11) is 0. The van der Waals surface area contributed by atoms with E-state index in [9.17, 15) is 0 Å². The van der Waals surface area contributed by atoms with Gasteiger partial charge in [0.25, 0.3) is 0 Å². The van der Waals surface area contributed by atoms with Crippen molar-refractivity contribution in [2.45, 2.75) is 6.42 Å². The first-order valence-corrected chi connectivity index (χ1v) is 10.2. The number of rotatable bonds is 0. The third kappa shape index (κ3) is 3.96. The molecule has 2 heterocycles. The molecule has 0 spiro atoms. The maximum atomic E-state index is 4.22. The first-order chi connectivity index (χ1) is 15.4. The Bertz CT molecular complexity index is 1310. The van der Waals surface area contributed by atoms with Crippen molar-refractivity contribution in [1.29, 1.82) is 0 Å². The van der Waals surface area contributed by atoms with E-state index < -0.39 is 0 Å². The van der Waals surface area contributed by atoms with Gasteiger partial charge in [0.15, 0.2) is 0 Å². The Morgan fingerprint density at radius 3 is 1.61 bits per heavy atom. The number of nitrogens with one attached hydrogen (secondary N) is 1. The number of fused-ring (bicyclic) bond motifs is 6. The average Bonchev–Trinajstić information content (AvgIpc) is 3.59. The van der Waals surface area contributed by atoms with Gasteiger partial charge in [-0.3, -0.25) is 0 Å². The third-order valence-corrected chi connectivity index (χ3v) is 5.40. The molecule has 4 nitrogen and oxygen atoms in total. The van der Waals surface area contributed by atoms with Gasteiger partial charge in [0.2, 0.25) is 0 Å². The summed E-state index contributed by atoms with van der Waals surface area (Å²) >= 11 is 0. The van der Waals surface area contributed by atoms with E-state index in [-0.39, 0.29) is 0 Å². The second-order valence-electron chi connectivity index (χ2n) is 7.29. The van der Waals surface area contributed by atoms with E-state index in [1.54, 1.807) is 0 Å². The van der Waals surface area contributed by atoms with E-state index in [1.807, 2.05) is 0 Å². The molecule has 0 radical (unpaired) electrons. The van der Waals surface area contributed by atoms with Crippen molar-refractivity contribution in [2.24, 2.45) is 0 Å². The zero-order valence-corrected chi connectivity index (χ0v) is 16.9. The van der Waals surface area contributed by atoms with Gasteiger partial charge in [-0.15, -0.1) is 5.10 Å². The van der Waals surface area contributed by atoms with Crippen LogP contribution in [0.1, 0.15) is 11.1 Å². The summed E-state index contributed by atoms with van der Waals surface area (Å²) in [5.74, 6) is 0. The zero-order chi connectivity index (χ0) is 20.9. The van der Waals surface area contributed by atoms with Crippen molar-refractivity contribution < 1.29 is 4.52 Å². The predicted octanol–water partition coefficient (Wildman–Crippen LogP) is 6.65. The van der Waals surface area contributed by atoms with Gasteiger partial charge in [-0.2, -0.15) is 0 Å². The smallest absolute Gasteiger partial charge is 0.144 e. The Balaban J connectivity index is 0.000000108. The quantitative estimate of drug-likeness (QED) is 0.308. The predicted molar refractivity (Wildman–Crippen MR) is 125 cm³/mol. The molecule has 0 unspecified atom stereocenters. The summed E-state index contributed by atoms with van der Waals surface area (Å²) < 4.78 is 4.22. The van der Waals surface area contributed by atoms with Crippen molar-refractivity contribution in [3.05, 3.63) is 121 Å². The summed E-state index contributed by atoms with van der Waals surface area (Å²) in [4.78, 5) is 3.38. The Hall–Kier alpha value is -4.18. The summed E-state index contributed by atoms with van der Waals surface area (Å²) in [6.45, 7) is 0. The van der Waals surface area contributed by atoms with Gasteiger partial charge in [-0.1, -0.05) is 84.9 Å². The summed E-state index contributed by atoms with van der Waals surface area (Å²) in [6.07, 6.45) is 3.98. The molecule has 7 rings (SSSR count). The Morgan fingerprint density at radius 1 is 0.613 bits per heavy atom. The maximum absolute atomic E-state index is 4.22. The van der Waals surface area contributed by atoms with E-state index in [0.717, 1.165) is 6.42 Å². The number of aromatic amines is 1. The SMILES string of the molecule is c1ccc2c(c1)Cc1ccccc1-2.c1ccc2c(c1)[nH]c1ccccc12.c1conn1. The van der Waals surface area contributed by atoms with Crippen LogP contribution in [0.4, 0.5) is 0 Å². The molecule has 4 heteroatoms. The lowest BCUT2D eigenvalue weighted by Crippen LogP contribution is -1.77. The zero-order valence-electron chi connectivity index (χ0n) is 16.9. The molecule has 1 aliphatic carbocycles. The van der Waals surface area contributed by atoms with Gasteiger partial charge >= 0.3 is 0 Å². The van der Waals surface area contributed by atoms with Crippen LogP contribution >= 0.6 is 0 Å². The standard InChI is InChI=1S/C13H10.C12H9N.C2H2N2O/c1-3-7-12-10(5-1)9-11-6-2-4-8-13(11)12;1-3-7-11-9(5-1)10-6-2-4-8-12(10)13-11;1-2-5-4-3-1/h1-8H,9H2;1-8,13H;1-2H. The number of nitrogens with zero attached hydrogens (tertiary/aromatic N) is 2. The number of para-hydroxylation sites is 2.